The zero-order valence-electron chi connectivity index (χ0n) is 15.7. The van der Waals surface area contributed by atoms with Crippen molar-refractivity contribution in [2.75, 3.05) is 18.1 Å². The average Bonchev–Trinajstić information content (AvgIpc) is 3.13. The van der Waals surface area contributed by atoms with E-state index in [0.717, 1.165) is 16.2 Å². The second-order valence-corrected chi connectivity index (χ2v) is 9.15. The normalized spacial score (nSPS) is 20.2. The van der Waals surface area contributed by atoms with E-state index in [-0.39, 0.29) is 32.3 Å². The fourth-order valence-electron chi connectivity index (χ4n) is 2.85. The van der Waals surface area contributed by atoms with E-state index in [2.05, 4.69) is 20.3 Å². The Balaban J connectivity index is 1.81. The largest absolute Gasteiger partial charge is 0.479 e. The van der Waals surface area contributed by atoms with Gasteiger partial charge in [-0.2, -0.15) is 0 Å². The molecular formula is C16H13Cl2N5O7S2. The molecule has 2 atom stereocenters. The fourth-order valence-corrected chi connectivity index (χ4v) is 4.97. The number of anilines is 1. The second kappa shape index (κ2) is 9.77. The van der Waals surface area contributed by atoms with E-state index in [1.165, 1.54) is 23.2 Å². The molecule has 16 heteroatoms. The Morgan fingerprint density at radius 1 is 1.41 bits per heavy atom. The highest BCUT2D eigenvalue weighted by molar-refractivity contribution is 8.00. The van der Waals surface area contributed by atoms with Gasteiger partial charge in [0.05, 0.1) is 0 Å². The van der Waals surface area contributed by atoms with Crippen molar-refractivity contribution in [2.45, 2.75) is 11.4 Å². The third kappa shape index (κ3) is 4.98. The van der Waals surface area contributed by atoms with Crippen molar-refractivity contribution < 1.29 is 34.2 Å². The number of halogens is 2. The van der Waals surface area contributed by atoms with Crippen LogP contribution in [0.15, 0.2) is 32.4 Å². The molecule has 12 nitrogen and oxygen atoms in total. The van der Waals surface area contributed by atoms with Crippen LogP contribution in [0.3, 0.4) is 0 Å². The molecule has 2 amide bonds. The number of aromatic nitrogens is 1. The molecule has 2 aliphatic heterocycles. The van der Waals surface area contributed by atoms with Crippen LogP contribution in [0.4, 0.5) is 5.13 Å². The lowest BCUT2D eigenvalue weighted by molar-refractivity contribution is -0.150. The number of carbonyl (C=O) groups excluding carboxylic acids is 2. The highest BCUT2D eigenvalue weighted by Crippen LogP contribution is 2.41. The minimum atomic E-state index is -1.35. The maximum absolute atomic E-state index is 12.8. The van der Waals surface area contributed by atoms with Crippen molar-refractivity contribution in [3.63, 3.8) is 0 Å². The van der Waals surface area contributed by atoms with Crippen LogP contribution in [0.5, 0.6) is 0 Å². The number of fused-ring (bicyclic) bond motifs is 1. The predicted octanol–water partition coefficient (Wildman–Crippen LogP) is 0.588. The summed E-state index contributed by atoms with van der Waals surface area (Å²) >= 11 is 13.5. The minimum absolute atomic E-state index is 0.0191. The van der Waals surface area contributed by atoms with Crippen molar-refractivity contribution in [3.05, 3.63) is 32.9 Å². The molecule has 0 spiro atoms. The summed E-state index contributed by atoms with van der Waals surface area (Å²) in [4.78, 5) is 57.4. The summed E-state index contributed by atoms with van der Waals surface area (Å²) in [6.45, 7) is -0.808. The second-order valence-electron chi connectivity index (χ2n) is 6.15. The molecule has 0 radical (unpaired) electrons. The quantitative estimate of drug-likeness (QED) is 0.214. The molecule has 1 saturated heterocycles. The van der Waals surface area contributed by atoms with Gasteiger partial charge in [0.25, 0.3) is 11.8 Å². The number of rotatable bonds is 8. The van der Waals surface area contributed by atoms with Crippen molar-refractivity contribution in [2.24, 2.45) is 5.16 Å². The number of nitrogens with two attached hydrogens (primary N) is 1. The van der Waals surface area contributed by atoms with E-state index in [4.69, 9.17) is 34.0 Å². The van der Waals surface area contributed by atoms with E-state index >= 15 is 0 Å². The van der Waals surface area contributed by atoms with Gasteiger partial charge in [-0.25, -0.2) is 14.6 Å². The smallest absolute Gasteiger partial charge is 0.352 e. The van der Waals surface area contributed by atoms with Gasteiger partial charge >= 0.3 is 11.9 Å². The number of thioether (sulfide) groups is 1. The number of allylic oxidation sites excluding steroid dienone is 1. The maximum atomic E-state index is 12.8. The van der Waals surface area contributed by atoms with Crippen LogP contribution in [-0.2, 0) is 24.0 Å². The Labute approximate surface area is 197 Å². The average molecular weight is 522 g/mol. The highest BCUT2D eigenvalue weighted by atomic mass is 35.5. The zero-order valence-corrected chi connectivity index (χ0v) is 18.8. The van der Waals surface area contributed by atoms with E-state index in [1.54, 1.807) is 0 Å². The lowest BCUT2D eigenvalue weighted by atomic mass is 10.0. The Bertz CT molecular complexity index is 1080. The number of aliphatic carboxylic acids is 2. The van der Waals surface area contributed by atoms with Gasteiger partial charge < -0.3 is 26.1 Å². The van der Waals surface area contributed by atoms with Crippen LogP contribution in [0.25, 0.3) is 0 Å². The molecule has 32 heavy (non-hydrogen) atoms. The predicted molar refractivity (Wildman–Crippen MR) is 116 cm³/mol. The summed E-state index contributed by atoms with van der Waals surface area (Å²) in [5, 5.41) is 25.0. The van der Waals surface area contributed by atoms with Crippen LogP contribution >= 0.6 is 46.3 Å². The third-order valence-electron chi connectivity index (χ3n) is 4.09. The van der Waals surface area contributed by atoms with Crippen LogP contribution in [0.2, 0.25) is 0 Å². The van der Waals surface area contributed by atoms with Crippen molar-refractivity contribution in [1.29, 1.82) is 0 Å². The number of carbonyl (C=O) groups is 4. The number of nitrogens with zero attached hydrogens (tertiary/aromatic N) is 3. The summed E-state index contributed by atoms with van der Waals surface area (Å²) in [5.74, 6) is -4.04. The van der Waals surface area contributed by atoms with Crippen LogP contribution in [-0.4, -0.2) is 73.3 Å². The maximum Gasteiger partial charge on any atom is 0.352 e. The summed E-state index contributed by atoms with van der Waals surface area (Å²) in [6.07, 6.45) is 1.24. The molecule has 0 aromatic carbocycles. The topological polar surface area (TPSA) is 185 Å². The first-order chi connectivity index (χ1) is 15.1. The van der Waals surface area contributed by atoms with Gasteiger partial charge in [-0.15, -0.1) is 23.1 Å². The molecule has 0 saturated carbocycles. The van der Waals surface area contributed by atoms with E-state index < -0.39 is 47.5 Å². The molecule has 0 aliphatic carbocycles. The number of nitrogen functional groups attached to an aromatic ring is 1. The monoisotopic (exact) mass is 521 g/mol. The van der Waals surface area contributed by atoms with Gasteiger partial charge in [-0.3, -0.25) is 14.5 Å². The summed E-state index contributed by atoms with van der Waals surface area (Å²) < 4.78 is -0.166. The number of β-lactam (4-membered cyclic amide) rings is 1. The molecule has 1 fully saturated rings. The molecule has 1 unspecified atom stereocenters. The lowest BCUT2D eigenvalue weighted by Gasteiger charge is -2.49. The van der Waals surface area contributed by atoms with Gasteiger partial charge in [0.2, 0.25) is 6.61 Å². The Hall–Kier alpha value is -2.81. The number of carboxylic acid groups (broad SMARTS) is 2. The standard InChI is InChI=1S/C16H13Cl2N5O7S2/c17-7(18)1-5-3-31-14-10(13(27)23(14)11(5)15(28)29)21-12(26)9(22-30-2-8(24)25)6-4-32-16(19)20-6/h1,4,10,14H,2-3H2,(H2,19,20)(H,21,26)(H,24,25)(H,28,29)/b22-9-/t10?,14-/m1/s1. The molecule has 1 aromatic rings. The molecule has 2 aliphatic rings. The van der Waals surface area contributed by atoms with Crippen LogP contribution in [0, 0.1) is 0 Å². The third-order valence-corrected chi connectivity index (χ3v) is 6.29. The van der Waals surface area contributed by atoms with Crippen molar-refractivity contribution in [3.8, 4) is 0 Å². The molecule has 1 aromatic heterocycles. The van der Waals surface area contributed by atoms with Gasteiger partial charge in [-0.05, 0) is 11.6 Å². The Morgan fingerprint density at radius 3 is 2.69 bits per heavy atom. The zero-order chi connectivity index (χ0) is 23.6. The number of hydrogen-bond acceptors (Lipinski definition) is 10. The molecule has 3 rings (SSSR count). The molecule has 5 N–H and O–H groups in total. The van der Waals surface area contributed by atoms with Gasteiger partial charge in [0.1, 0.15) is 27.3 Å². The first kappa shape index (κ1) is 23.8. The summed E-state index contributed by atoms with van der Waals surface area (Å²) in [7, 11) is 0. The number of oxime groups is 1. The molecular weight excluding hydrogens is 509 g/mol. The van der Waals surface area contributed by atoms with Crippen LogP contribution < -0.4 is 11.1 Å². The van der Waals surface area contributed by atoms with Crippen molar-refractivity contribution in [1.82, 2.24) is 15.2 Å². The van der Waals surface area contributed by atoms with Gasteiger partial charge in [0.15, 0.2) is 10.8 Å². The molecule has 0 bridgehead atoms. The number of hydrogen-bond donors (Lipinski definition) is 4. The first-order valence-electron chi connectivity index (χ1n) is 8.48. The van der Waals surface area contributed by atoms with Gasteiger partial charge in [-0.1, -0.05) is 28.4 Å². The minimum Gasteiger partial charge on any atom is -0.479 e. The molecule has 170 valence electrons. The van der Waals surface area contributed by atoms with Gasteiger partial charge in [0, 0.05) is 11.1 Å². The highest BCUT2D eigenvalue weighted by Gasteiger charge is 2.54. The fraction of sp³-hybridized carbons (Fsp3) is 0.250. The number of thiazole rings is 1. The van der Waals surface area contributed by atoms with Crippen LogP contribution in [0.1, 0.15) is 5.69 Å². The van der Waals surface area contributed by atoms with E-state index in [9.17, 15) is 24.3 Å². The number of carboxylic acids is 2. The Morgan fingerprint density at radius 2 is 2.12 bits per heavy atom. The number of amides is 2. The number of nitrogens with one attached hydrogen (secondary N) is 1. The SMILES string of the molecule is Nc1nc(/C(=N/OCC(=O)O)C(=O)NC2C(=O)N3C(C(=O)O)=C(C=C(Cl)Cl)CS[C@H]23)cs1. The van der Waals surface area contributed by atoms with E-state index in [1.807, 2.05) is 0 Å². The Kier molecular flexibility index (Phi) is 7.28. The first-order valence-corrected chi connectivity index (χ1v) is 11.2. The van der Waals surface area contributed by atoms with Crippen molar-refractivity contribution >= 4 is 80.9 Å². The summed E-state index contributed by atoms with van der Waals surface area (Å²) in [5.41, 5.74) is 5.16. The molecule has 3 heterocycles. The van der Waals surface area contributed by atoms with E-state index in [0.29, 0.717) is 0 Å². The summed E-state index contributed by atoms with van der Waals surface area (Å²) in [6, 6.07) is -1.07. The lowest BCUT2D eigenvalue weighted by Crippen LogP contribution is -2.71.